The van der Waals surface area contributed by atoms with Gasteiger partial charge in [0.25, 0.3) is 0 Å². The number of aliphatic imine (C=N–C) groups is 2. The Morgan fingerprint density at radius 1 is 1.00 bits per heavy atom. The lowest BCUT2D eigenvalue weighted by Gasteiger charge is -2.05. The van der Waals surface area contributed by atoms with Gasteiger partial charge in [0.2, 0.25) is 0 Å². The molecule has 0 bridgehead atoms. The van der Waals surface area contributed by atoms with E-state index in [2.05, 4.69) is 11.9 Å². The lowest BCUT2D eigenvalue weighted by atomic mass is 10.2. The first-order valence-corrected chi connectivity index (χ1v) is 7.23. The second-order valence-corrected chi connectivity index (χ2v) is 4.94. The van der Waals surface area contributed by atoms with E-state index in [1.54, 1.807) is 0 Å². The van der Waals surface area contributed by atoms with E-state index in [1.807, 2.05) is 61.5 Å². The van der Waals surface area contributed by atoms with E-state index in [0.717, 1.165) is 29.7 Å². The van der Waals surface area contributed by atoms with Crippen LogP contribution in [0.5, 0.6) is 0 Å². The van der Waals surface area contributed by atoms with Crippen molar-refractivity contribution in [2.45, 2.75) is 26.7 Å². The third-order valence-electron chi connectivity index (χ3n) is 3.13. The van der Waals surface area contributed by atoms with Crippen molar-refractivity contribution >= 4 is 17.4 Å². The van der Waals surface area contributed by atoms with Crippen LogP contribution in [0.1, 0.15) is 30.9 Å². The summed E-state index contributed by atoms with van der Waals surface area (Å²) in [7, 11) is 0. The van der Waals surface area contributed by atoms with E-state index in [4.69, 9.17) is 10.7 Å². The van der Waals surface area contributed by atoms with E-state index >= 15 is 0 Å². The Labute approximate surface area is 126 Å². The van der Waals surface area contributed by atoms with Crippen molar-refractivity contribution in [1.29, 1.82) is 0 Å². The molecule has 0 aliphatic rings. The molecule has 2 aromatic rings. The highest BCUT2D eigenvalue weighted by atomic mass is 15.0. The lowest BCUT2D eigenvalue weighted by Crippen LogP contribution is -2.14. The number of benzene rings is 2. The third kappa shape index (κ3) is 4.28. The van der Waals surface area contributed by atoms with E-state index in [-0.39, 0.29) is 0 Å². The molecule has 0 aliphatic carbocycles. The molecule has 21 heavy (non-hydrogen) atoms. The van der Waals surface area contributed by atoms with Crippen LogP contribution in [0.2, 0.25) is 0 Å². The van der Waals surface area contributed by atoms with Gasteiger partial charge >= 0.3 is 0 Å². The topological polar surface area (TPSA) is 50.7 Å². The van der Waals surface area contributed by atoms with Gasteiger partial charge in [-0.3, -0.25) is 0 Å². The first-order valence-electron chi connectivity index (χ1n) is 7.23. The Morgan fingerprint density at radius 3 is 2.33 bits per heavy atom. The number of aryl methyl sites for hydroxylation is 1. The van der Waals surface area contributed by atoms with Crippen molar-refractivity contribution < 1.29 is 0 Å². The SMILES string of the molecule is CCCC(N)=NC(=Nc1ccccc1C)c1ccccc1. The molecule has 0 fully saturated rings. The molecule has 0 radical (unpaired) electrons. The summed E-state index contributed by atoms with van der Waals surface area (Å²) in [6.45, 7) is 4.13. The fourth-order valence-corrected chi connectivity index (χ4v) is 1.99. The molecule has 3 heteroatoms. The fourth-order valence-electron chi connectivity index (χ4n) is 1.99. The highest BCUT2D eigenvalue weighted by Gasteiger charge is 2.04. The highest BCUT2D eigenvalue weighted by molar-refractivity contribution is 6.07. The van der Waals surface area contributed by atoms with Crippen molar-refractivity contribution in [2.75, 3.05) is 0 Å². The van der Waals surface area contributed by atoms with E-state index < -0.39 is 0 Å². The van der Waals surface area contributed by atoms with Crippen LogP contribution in [0.4, 0.5) is 5.69 Å². The average molecular weight is 279 g/mol. The number of hydrogen-bond acceptors (Lipinski definition) is 1. The second-order valence-electron chi connectivity index (χ2n) is 4.94. The van der Waals surface area contributed by atoms with Gasteiger partial charge in [0.15, 0.2) is 5.84 Å². The highest BCUT2D eigenvalue weighted by Crippen LogP contribution is 2.19. The molecule has 0 atom stereocenters. The number of nitrogens with zero attached hydrogens (tertiary/aromatic N) is 2. The summed E-state index contributed by atoms with van der Waals surface area (Å²) in [5.41, 5.74) is 9.00. The van der Waals surface area contributed by atoms with Gasteiger partial charge in [0.05, 0.1) is 5.69 Å². The van der Waals surface area contributed by atoms with Crippen molar-refractivity contribution in [3.63, 3.8) is 0 Å². The molecule has 0 unspecified atom stereocenters. The van der Waals surface area contributed by atoms with E-state index in [9.17, 15) is 0 Å². The Bertz CT molecular complexity index is 643. The minimum absolute atomic E-state index is 0.619. The van der Waals surface area contributed by atoms with Crippen LogP contribution in [-0.2, 0) is 0 Å². The molecule has 108 valence electrons. The smallest absolute Gasteiger partial charge is 0.161 e. The van der Waals surface area contributed by atoms with Crippen molar-refractivity contribution in [1.82, 2.24) is 0 Å². The predicted molar refractivity (Wildman–Crippen MR) is 90.3 cm³/mol. The molecule has 2 rings (SSSR count). The monoisotopic (exact) mass is 279 g/mol. The predicted octanol–water partition coefficient (Wildman–Crippen LogP) is 4.23. The van der Waals surface area contributed by atoms with Crippen LogP contribution in [0.25, 0.3) is 0 Å². The zero-order chi connectivity index (χ0) is 15.1. The maximum Gasteiger partial charge on any atom is 0.161 e. The average Bonchev–Trinajstić information content (AvgIpc) is 2.50. The molecule has 0 amide bonds. The Hall–Kier alpha value is -2.42. The van der Waals surface area contributed by atoms with Crippen molar-refractivity contribution in [3.8, 4) is 0 Å². The van der Waals surface area contributed by atoms with Gasteiger partial charge in [0.1, 0.15) is 5.84 Å². The first kappa shape index (κ1) is 15.0. The summed E-state index contributed by atoms with van der Waals surface area (Å²) in [6.07, 6.45) is 1.75. The standard InChI is InChI=1S/C18H21N3/c1-3-9-17(19)21-18(15-11-5-4-6-12-15)20-16-13-8-7-10-14(16)2/h4-8,10-13H,3,9H2,1-2H3,(H2,19,20,21). The van der Waals surface area contributed by atoms with Crippen LogP contribution in [0.3, 0.4) is 0 Å². The maximum atomic E-state index is 5.98. The first-order chi connectivity index (χ1) is 10.2. The Kier molecular flexibility index (Phi) is 5.27. The summed E-state index contributed by atoms with van der Waals surface area (Å²) in [5, 5.41) is 0. The zero-order valence-electron chi connectivity index (χ0n) is 12.6. The van der Waals surface area contributed by atoms with Crippen molar-refractivity contribution in [2.24, 2.45) is 15.7 Å². The molecular formula is C18H21N3. The number of amidine groups is 2. The molecule has 3 nitrogen and oxygen atoms in total. The van der Waals surface area contributed by atoms with Gasteiger partial charge in [-0.15, -0.1) is 0 Å². The van der Waals surface area contributed by atoms with Gasteiger partial charge in [-0.2, -0.15) is 0 Å². The zero-order valence-corrected chi connectivity index (χ0v) is 12.6. The van der Waals surface area contributed by atoms with Crippen molar-refractivity contribution in [3.05, 3.63) is 65.7 Å². The molecule has 2 N–H and O–H groups in total. The molecule has 0 heterocycles. The summed E-state index contributed by atoms with van der Waals surface area (Å²) in [5.74, 6) is 1.28. The van der Waals surface area contributed by atoms with E-state index in [0.29, 0.717) is 11.7 Å². The van der Waals surface area contributed by atoms with Crippen LogP contribution in [0.15, 0.2) is 64.6 Å². The van der Waals surface area contributed by atoms with Gasteiger partial charge in [-0.05, 0) is 25.0 Å². The normalized spacial score (nSPS) is 12.5. The molecule has 2 aromatic carbocycles. The van der Waals surface area contributed by atoms with Crippen LogP contribution < -0.4 is 5.73 Å². The van der Waals surface area contributed by atoms with Gasteiger partial charge in [-0.1, -0.05) is 55.5 Å². The molecule has 0 saturated carbocycles. The summed E-state index contributed by atoms with van der Waals surface area (Å²) >= 11 is 0. The number of hydrogen-bond donors (Lipinski definition) is 1. The van der Waals surface area contributed by atoms with Gasteiger partial charge in [0, 0.05) is 12.0 Å². The quantitative estimate of drug-likeness (QED) is 0.660. The lowest BCUT2D eigenvalue weighted by molar-refractivity contribution is 0.984. The number of rotatable bonds is 4. The molecule has 0 saturated heterocycles. The van der Waals surface area contributed by atoms with Gasteiger partial charge < -0.3 is 5.73 Å². The second kappa shape index (κ2) is 7.39. The van der Waals surface area contributed by atoms with E-state index in [1.165, 1.54) is 0 Å². The minimum Gasteiger partial charge on any atom is -0.387 e. The van der Waals surface area contributed by atoms with Crippen LogP contribution >= 0.6 is 0 Å². The van der Waals surface area contributed by atoms with Crippen LogP contribution in [-0.4, -0.2) is 11.7 Å². The molecule has 0 spiro atoms. The number of para-hydroxylation sites is 1. The minimum atomic E-state index is 0.619. The maximum absolute atomic E-state index is 5.98. The largest absolute Gasteiger partial charge is 0.387 e. The summed E-state index contributed by atoms with van der Waals surface area (Å²) in [4.78, 5) is 9.22. The third-order valence-corrected chi connectivity index (χ3v) is 3.13. The van der Waals surface area contributed by atoms with Crippen LogP contribution in [0, 0.1) is 6.92 Å². The fraction of sp³-hybridized carbons (Fsp3) is 0.222. The summed E-state index contributed by atoms with van der Waals surface area (Å²) < 4.78 is 0. The van der Waals surface area contributed by atoms with Gasteiger partial charge in [-0.25, -0.2) is 9.98 Å². The molecule has 0 aromatic heterocycles. The molecular weight excluding hydrogens is 258 g/mol. The molecule has 0 aliphatic heterocycles. The Balaban J connectivity index is 2.46. The number of nitrogens with two attached hydrogens (primary N) is 1. The summed E-state index contributed by atoms with van der Waals surface area (Å²) in [6, 6.07) is 18.0. The Morgan fingerprint density at radius 2 is 1.67 bits per heavy atom.